The summed E-state index contributed by atoms with van der Waals surface area (Å²) in [5, 5.41) is 15.2. The number of rotatable bonds is 8. The predicted octanol–water partition coefficient (Wildman–Crippen LogP) is 2.26. The quantitative estimate of drug-likeness (QED) is 0.363. The van der Waals surface area contributed by atoms with Crippen LogP contribution in [-0.2, 0) is 32.7 Å². The highest BCUT2D eigenvalue weighted by molar-refractivity contribution is 6.00. The van der Waals surface area contributed by atoms with Gasteiger partial charge < -0.3 is 15.4 Å². The molecular weight excluding hydrogens is 467 g/mol. The number of esters is 1. The number of nitrogens with zero attached hydrogens (tertiary/aromatic N) is 4. The fourth-order valence-corrected chi connectivity index (χ4v) is 4.06. The van der Waals surface area contributed by atoms with E-state index in [1.807, 2.05) is 26.0 Å². The lowest BCUT2D eigenvalue weighted by atomic mass is 9.95. The zero-order valence-corrected chi connectivity index (χ0v) is 20.5. The van der Waals surface area contributed by atoms with Gasteiger partial charge in [0, 0.05) is 23.4 Å². The first kappa shape index (κ1) is 24.8. The Balaban J connectivity index is 1.64. The molecule has 4 aromatic rings. The molecular formula is C25H27FN6O4. The molecule has 2 N–H and O–H groups in total. The van der Waals surface area contributed by atoms with Gasteiger partial charge in [-0.05, 0) is 29.7 Å². The monoisotopic (exact) mass is 494 g/mol. The average molecular weight is 495 g/mol. The molecule has 0 bridgehead atoms. The van der Waals surface area contributed by atoms with E-state index in [2.05, 4.69) is 25.6 Å². The standard InChI is InChI=1S/C25H27FN6O4/c1-14(2)25-24-16(17-9-20-15(8-18(17)26)10-29-31(20)3)6-5-7-19(24)32(30-25)13-22(34)27-11-21(33)28-12-23(35)36-4/h5-10,14H,11-13H2,1-4H3,(H,27,34)(H,28,33). The molecule has 0 aliphatic heterocycles. The Kier molecular flexibility index (Phi) is 7.00. The number of aryl methyl sites for hydroxylation is 1. The fraction of sp³-hybridized carbons (Fsp3) is 0.320. The van der Waals surface area contributed by atoms with Crippen molar-refractivity contribution in [2.45, 2.75) is 26.3 Å². The molecule has 0 fully saturated rings. The summed E-state index contributed by atoms with van der Waals surface area (Å²) in [5.74, 6) is -1.92. The minimum Gasteiger partial charge on any atom is -0.468 e. The first-order valence-corrected chi connectivity index (χ1v) is 11.4. The van der Waals surface area contributed by atoms with E-state index in [1.54, 1.807) is 34.7 Å². The molecule has 10 nitrogen and oxygen atoms in total. The Morgan fingerprint density at radius 1 is 1.06 bits per heavy atom. The molecule has 36 heavy (non-hydrogen) atoms. The number of hydrogen-bond acceptors (Lipinski definition) is 6. The van der Waals surface area contributed by atoms with Crippen LogP contribution in [0.4, 0.5) is 4.39 Å². The highest BCUT2D eigenvalue weighted by atomic mass is 19.1. The van der Waals surface area contributed by atoms with Crippen molar-refractivity contribution in [1.82, 2.24) is 30.2 Å². The van der Waals surface area contributed by atoms with E-state index in [4.69, 9.17) is 0 Å². The van der Waals surface area contributed by atoms with Crippen LogP contribution in [0.25, 0.3) is 32.9 Å². The predicted molar refractivity (Wildman–Crippen MR) is 132 cm³/mol. The Hall–Kier alpha value is -4.28. The van der Waals surface area contributed by atoms with Crippen molar-refractivity contribution in [2.24, 2.45) is 7.05 Å². The molecule has 0 saturated carbocycles. The van der Waals surface area contributed by atoms with Gasteiger partial charge in [-0.3, -0.25) is 23.7 Å². The third-order valence-electron chi connectivity index (χ3n) is 5.87. The van der Waals surface area contributed by atoms with Gasteiger partial charge in [0.05, 0.1) is 36.6 Å². The Morgan fingerprint density at radius 3 is 2.53 bits per heavy atom. The second-order valence-corrected chi connectivity index (χ2v) is 8.69. The van der Waals surface area contributed by atoms with E-state index in [0.717, 1.165) is 16.6 Å². The maximum absolute atomic E-state index is 15.2. The summed E-state index contributed by atoms with van der Waals surface area (Å²) in [6, 6.07) is 8.70. The lowest BCUT2D eigenvalue weighted by Gasteiger charge is -2.10. The molecule has 0 aliphatic carbocycles. The van der Waals surface area contributed by atoms with Gasteiger partial charge in [-0.25, -0.2) is 4.39 Å². The molecule has 0 atom stereocenters. The molecule has 0 saturated heterocycles. The highest BCUT2D eigenvalue weighted by Gasteiger charge is 2.21. The molecule has 2 heterocycles. The van der Waals surface area contributed by atoms with Crippen molar-refractivity contribution in [1.29, 1.82) is 0 Å². The second-order valence-electron chi connectivity index (χ2n) is 8.69. The molecule has 0 spiro atoms. The summed E-state index contributed by atoms with van der Waals surface area (Å²) in [6.45, 7) is 3.24. The summed E-state index contributed by atoms with van der Waals surface area (Å²) in [7, 11) is 3.02. The smallest absolute Gasteiger partial charge is 0.325 e. The van der Waals surface area contributed by atoms with E-state index in [-0.39, 0.29) is 31.4 Å². The highest BCUT2D eigenvalue weighted by Crippen LogP contribution is 2.36. The van der Waals surface area contributed by atoms with E-state index < -0.39 is 17.8 Å². The zero-order valence-electron chi connectivity index (χ0n) is 20.5. The molecule has 2 aromatic carbocycles. The second kappa shape index (κ2) is 10.1. The number of carbonyl (C=O) groups is 3. The van der Waals surface area contributed by atoms with E-state index >= 15 is 4.39 Å². The number of aromatic nitrogens is 4. The van der Waals surface area contributed by atoms with Gasteiger partial charge in [0.25, 0.3) is 0 Å². The fourth-order valence-electron chi connectivity index (χ4n) is 4.06. The van der Waals surface area contributed by atoms with Crippen LogP contribution in [0, 0.1) is 5.82 Å². The Bertz CT molecular complexity index is 1470. The van der Waals surface area contributed by atoms with Crippen LogP contribution >= 0.6 is 0 Å². The minimum absolute atomic E-state index is 0.00514. The summed E-state index contributed by atoms with van der Waals surface area (Å²) in [5.41, 5.74) is 3.29. The van der Waals surface area contributed by atoms with Crippen LogP contribution in [0.5, 0.6) is 0 Å². The van der Waals surface area contributed by atoms with E-state index in [1.165, 1.54) is 13.2 Å². The number of halogens is 1. The van der Waals surface area contributed by atoms with Gasteiger partial charge >= 0.3 is 5.97 Å². The van der Waals surface area contributed by atoms with Crippen molar-refractivity contribution in [3.8, 4) is 11.1 Å². The minimum atomic E-state index is -0.589. The van der Waals surface area contributed by atoms with E-state index in [9.17, 15) is 14.4 Å². The van der Waals surface area contributed by atoms with Crippen molar-refractivity contribution < 1.29 is 23.5 Å². The van der Waals surface area contributed by atoms with Crippen molar-refractivity contribution >= 4 is 39.6 Å². The molecule has 0 radical (unpaired) electrons. The topological polar surface area (TPSA) is 120 Å². The largest absolute Gasteiger partial charge is 0.468 e. The zero-order chi connectivity index (χ0) is 26.0. The SMILES string of the molecule is COC(=O)CNC(=O)CNC(=O)Cn1nc(C(C)C)c2c(-c3cc4c(cnn4C)cc3F)cccc21. The molecule has 188 valence electrons. The number of ether oxygens (including phenoxy) is 1. The van der Waals surface area contributed by atoms with Crippen LogP contribution in [0.15, 0.2) is 36.5 Å². The normalized spacial score (nSPS) is 11.3. The number of carbonyl (C=O) groups excluding carboxylic acids is 3. The van der Waals surface area contributed by atoms with Crippen LogP contribution in [0.2, 0.25) is 0 Å². The van der Waals surface area contributed by atoms with Gasteiger partial charge in [0.15, 0.2) is 0 Å². The Morgan fingerprint density at radius 2 is 1.81 bits per heavy atom. The molecule has 2 aromatic heterocycles. The lowest BCUT2D eigenvalue weighted by Crippen LogP contribution is -2.40. The van der Waals surface area contributed by atoms with Crippen molar-refractivity contribution in [3.05, 3.63) is 48.0 Å². The number of amides is 2. The van der Waals surface area contributed by atoms with Crippen LogP contribution < -0.4 is 10.6 Å². The number of methoxy groups -OCH3 is 1. The molecule has 0 aliphatic rings. The molecule has 2 amide bonds. The number of hydrogen-bond donors (Lipinski definition) is 2. The first-order chi connectivity index (χ1) is 17.2. The number of fused-ring (bicyclic) bond motifs is 2. The average Bonchev–Trinajstić information content (AvgIpc) is 3.40. The Labute approximate surface area is 206 Å². The van der Waals surface area contributed by atoms with Crippen molar-refractivity contribution in [2.75, 3.05) is 20.2 Å². The van der Waals surface area contributed by atoms with Gasteiger partial charge in [-0.15, -0.1) is 0 Å². The molecule has 4 rings (SSSR count). The van der Waals surface area contributed by atoms with Crippen LogP contribution in [0.3, 0.4) is 0 Å². The molecule has 0 unspecified atom stereocenters. The van der Waals surface area contributed by atoms with E-state index in [0.29, 0.717) is 22.0 Å². The van der Waals surface area contributed by atoms with Gasteiger partial charge in [-0.2, -0.15) is 10.2 Å². The van der Waals surface area contributed by atoms with Crippen molar-refractivity contribution in [3.63, 3.8) is 0 Å². The van der Waals surface area contributed by atoms with Crippen LogP contribution in [0.1, 0.15) is 25.5 Å². The maximum Gasteiger partial charge on any atom is 0.325 e. The van der Waals surface area contributed by atoms with Gasteiger partial charge in [-0.1, -0.05) is 26.0 Å². The third kappa shape index (κ3) is 4.90. The van der Waals surface area contributed by atoms with Crippen LogP contribution in [-0.4, -0.2) is 57.5 Å². The summed E-state index contributed by atoms with van der Waals surface area (Å²) in [4.78, 5) is 35.6. The third-order valence-corrected chi connectivity index (χ3v) is 5.87. The van der Waals surface area contributed by atoms with Gasteiger partial charge in [0.2, 0.25) is 11.8 Å². The summed E-state index contributed by atoms with van der Waals surface area (Å²) < 4.78 is 22.9. The van der Waals surface area contributed by atoms with Gasteiger partial charge in [0.1, 0.15) is 18.9 Å². The lowest BCUT2D eigenvalue weighted by molar-refractivity contribution is -0.141. The summed E-state index contributed by atoms with van der Waals surface area (Å²) in [6.07, 6.45) is 1.62. The molecule has 11 heteroatoms. The number of benzene rings is 2. The number of nitrogens with one attached hydrogen (secondary N) is 2. The first-order valence-electron chi connectivity index (χ1n) is 11.4. The maximum atomic E-state index is 15.2. The summed E-state index contributed by atoms with van der Waals surface area (Å²) >= 11 is 0.